The Balaban J connectivity index is 1.67. The van der Waals surface area contributed by atoms with E-state index < -0.39 is 6.04 Å². The lowest BCUT2D eigenvalue weighted by molar-refractivity contribution is -0.150. The van der Waals surface area contributed by atoms with E-state index in [1.54, 1.807) is 0 Å². The van der Waals surface area contributed by atoms with Crippen molar-refractivity contribution in [2.24, 2.45) is 5.92 Å². The third kappa shape index (κ3) is 4.90. The molecule has 1 heterocycles. The van der Waals surface area contributed by atoms with Crippen molar-refractivity contribution in [2.45, 2.75) is 45.8 Å². The topological polar surface area (TPSA) is 58.6 Å². The predicted molar refractivity (Wildman–Crippen MR) is 111 cm³/mol. The SMILES string of the molecule is CC(C)C(NC(=O)Cc1ccc2ccccc2c1)C(=O)N1CCOC(C)(C)C1. The first-order valence-electron chi connectivity index (χ1n) is 9.95. The number of nitrogens with zero attached hydrogens (tertiary/aromatic N) is 1. The molecule has 1 saturated heterocycles. The normalized spacial score (nSPS) is 17.5. The van der Waals surface area contributed by atoms with E-state index in [0.29, 0.717) is 19.7 Å². The number of hydrogen-bond donors (Lipinski definition) is 1. The molecule has 3 rings (SSSR count). The summed E-state index contributed by atoms with van der Waals surface area (Å²) in [6.45, 7) is 9.51. The maximum absolute atomic E-state index is 13.0. The van der Waals surface area contributed by atoms with Crippen molar-refractivity contribution in [3.8, 4) is 0 Å². The molecule has 1 unspecified atom stereocenters. The van der Waals surface area contributed by atoms with E-state index in [9.17, 15) is 9.59 Å². The van der Waals surface area contributed by atoms with E-state index in [4.69, 9.17) is 4.74 Å². The summed E-state index contributed by atoms with van der Waals surface area (Å²) in [4.78, 5) is 27.5. The minimum Gasteiger partial charge on any atom is -0.372 e. The molecule has 1 atom stereocenters. The molecule has 2 aromatic rings. The van der Waals surface area contributed by atoms with Crippen molar-refractivity contribution in [2.75, 3.05) is 19.7 Å². The third-order valence-corrected chi connectivity index (χ3v) is 5.17. The number of morpholine rings is 1. The molecule has 5 heteroatoms. The highest BCUT2D eigenvalue weighted by Gasteiger charge is 2.35. The van der Waals surface area contributed by atoms with Gasteiger partial charge in [-0.05, 0) is 36.1 Å². The van der Waals surface area contributed by atoms with Crippen LogP contribution in [0, 0.1) is 5.92 Å². The zero-order chi connectivity index (χ0) is 20.3. The van der Waals surface area contributed by atoms with Gasteiger partial charge in [-0.1, -0.05) is 56.3 Å². The Morgan fingerprint density at radius 2 is 1.86 bits per heavy atom. The first kappa shape index (κ1) is 20.3. The number of benzene rings is 2. The lowest BCUT2D eigenvalue weighted by Crippen LogP contribution is -2.57. The van der Waals surface area contributed by atoms with Crippen molar-refractivity contribution in [1.82, 2.24) is 10.2 Å². The van der Waals surface area contributed by atoms with E-state index in [2.05, 4.69) is 11.4 Å². The summed E-state index contributed by atoms with van der Waals surface area (Å²) in [6, 6.07) is 13.6. The summed E-state index contributed by atoms with van der Waals surface area (Å²) in [5, 5.41) is 5.23. The van der Waals surface area contributed by atoms with E-state index in [1.807, 2.05) is 69.0 Å². The van der Waals surface area contributed by atoms with Gasteiger partial charge in [-0.25, -0.2) is 0 Å². The van der Waals surface area contributed by atoms with Crippen LogP contribution in [0.1, 0.15) is 33.3 Å². The van der Waals surface area contributed by atoms with Crippen LogP contribution in [-0.4, -0.2) is 48.1 Å². The Hall–Kier alpha value is -2.40. The average Bonchev–Trinajstić information content (AvgIpc) is 2.64. The summed E-state index contributed by atoms with van der Waals surface area (Å²) in [7, 11) is 0. The van der Waals surface area contributed by atoms with Gasteiger partial charge in [0.05, 0.1) is 18.6 Å². The summed E-state index contributed by atoms with van der Waals surface area (Å²) in [5.41, 5.74) is 0.587. The number of carbonyl (C=O) groups is 2. The van der Waals surface area contributed by atoms with Gasteiger partial charge in [-0.2, -0.15) is 0 Å². The first-order chi connectivity index (χ1) is 13.2. The number of ether oxygens (including phenoxy) is 1. The lowest BCUT2D eigenvalue weighted by Gasteiger charge is -2.40. The van der Waals surface area contributed by atoms with Crippen LogP contribution >= 0.6 is 0 Å². The highest BCUT2D eigenvalue weighted by molar-refractivity contribution is 5.90. The summed E-state index contributed by atoms with van der Waals surface area (Å²) in [6.07, 6.45) is 0.260. The van der Waals surface area contributed by atoms with Gasteiger partial charge in [-0.3, -0.25) is 9.59 Å². The Morgan fingerprint density at radius 3 is 2.54 bits per heavy atom. The second-order valence-corrected chi connectivity index (χ2v) is 8.52. The van der Waals surface area contributed by atoms with Crippen LogP contribution < -0.4 is 5.32 Å². The number of fused-ring (bicyclic) bond motifs is 1. The Labute approximate surface area is 167 Å². The number of amides is 2. The van der Waals surface area contributed by atoms with Gasteiger partial charge in [0, 0.05) is 13.1 Å². The molecule has 2 amide bonds. The number of rotatable bonds is 5. The molecule has 5 nitrogen and oxygen atoms in total. The zero-order valence-electron chi connectivity index (χ0n) is 17.2. The van der Waals surface area contributed by atoms with Crippen molar-refractivity contribution < 1.29 is 14.3 Å². The van der Waals surface area contributed by atoms with Crippen LogP contribution in [-0.2, 0) is 20.7 Å². The summed E-state index contributed by atoms with van der Waals surface area (Å²) in [5.74, 6) is -0.146. The van der Waals surface area contributed by atoms with Crippen molar-refractivity contribution in [3.05, 3.63) is 48.0 Å². The molecule has 0 radical (unpaired) electrons. The number of carbonyl (C=O) groups excluding carboxylic acids is 2. The van der Waals surface area contributed by atoms with Crippen molar-refractivity contribution in [1.29, 1.82) is 0 Å². The van der Waals surface area contributed by atoms with Gasteiger partial charge in [0.25, 0.3) is 0 Å². The molecule has 0 bridgehead atoms. The predicted octanol–water partition coefficient (Wildman–Crippen LogP) is 3.16. The van der Waals surface area contributed by atoms with Gasteiger partial charge in [0.15, 0.2) is 0 Å². The van der Waals surface area contributed by atoms with Gasteiger partial charge in [0.1, 0.15) is 6.04 Å². The molecule has 0 aromatic heterocycles. The standard InChI is InChI=1S/C23H30N2O3/c1-16(2)21(22(27)25-11-12-28-23(3,4)15-25)24-20(26)14-17-9-10-18-7-5-6-8-19(18)13-17/h5-10,13,16,21H,11-12,14-15H2,1-4H3,(H,24,26). The van der Waals surface area contributed by atoms with Gasteiger partial charge in [-0.15, -0.1) is 0 Å². The molecule has 1 aliphatic heterocycles. The quantitative estimate of drug-likeness (QED) is 0.864. The van der Waals surface area contributed by atoms with E-state index >= 15 is 0 Å². The van der Waals surface area contributed by atoms with Gasteiger partial charge in [0.2, 0.25) is 11.8 Å². The molecule has 28 heavy (non-hydrogen) atoms. The summed E-state index contributed by atoms with van der Waals surface area (Å²) < 4.78 is 5.70. The minimum atomic E-state index is -0.526. The fourth-order valence-corrected chi connectivity index (χ4v) is 3.67. The highest BCUT2D eigenvalue weighted by atomic mass is 16.5. The van der Waals surface area contributed by atoms with Crippen LogP contribution in [0.2, 0.25) is 0 Å². The average molecular weight is 383 g/mol. The van der Waals surface area contributed by atoms with Crippen molar-refractivity contribution in [3.63, 3.8) is 0 Å². The summed E-state index contributed by atoms with van der Waals surface area (Å²) >= 11 is 0. The van der Waals surface area contributed by atoms with Crippen LogP contribution in [0.5, 0.6) is 0 Å². The van der Waals surface area contributed by atoms with Gasteiger partial charge >= 0.3 is 0 Å². The maximum Gasteiger partial charge on any atom is 0.245 e. The molecule has 0 spiro atoms. The lowest BCUT2D eigenvalue weighted by atomic mass is 9.99. The highest BCUT2D eigenvalue weighted by Crippen LogP contribution is 2.19. The van der Waals surface area contributed by atoms with Crippen LogP contribution in [0.15, 0.2) is 42.5 Å². The third-order valence-electron chi connectivity index (χ3n) is 5.17. The molecule has 1 fully saturated rings. The first-order valence-corrected chi connectivity index (χ1v) is 9.95. The van der Waals surface area contributed by atoms with E-state index in [1.165, 1.54) is 0 Å². The molecule has 2 aromatic carbocycles. The number of nitrogens with one attached hydrogen (secondary N) is 1. The van der Waals surface area contributed by atoms with Crippen LogP contribution in [0.4, 0.5) is 0 Å². The van der Waals surface area contributed by atoms with Crippen LogP contribution in [0.25, 0.3) is 10.8 Å². The van der Waals surface area contributed by atoms with Crippen molar-refractivity contribution >= 4 is 22.6 Å². The Kier molecular flexibility index (Phi) is 6.04. The van der Waals surface area contributed by atoms with Gasteiger partial charge < -0.3 is 15.0 Å². The Morgan fingerprint density at radius 1 is 1.14 bits per heavy atom. The smallest absolute Gasteiger partial charge is 0.245 e. The Bertz CT molecular complexity index is 860. The monoisotopic (exact) mass is 382 g/mol. The zero-order valence-corrected chi connectivity index (χ0v) is 17.2. The number of hydrogen-bond acceptors (Lipinski definition) is 3. The molecule has 1 N–H and O–H groups in total. The molecule has 0 aliphatic carbocycles. The molecular formula is C23H30N2O3. The molecule has 150 valence electrons. The molecule has 0 saturated carbocycles. The second kappa shape index (κ2) is 8.31. The van der Waals surface area contributed by atoms with Crippen LogP contribution in [0.3, 0.4) is 0 Å². The van der Waals surface area contributed by atoms with E-state index in [0.717, 1.165) is 16.3 Å². The minimum absolute atomic E-state index is 0.0130. The molecular weight excluding hydrogens is 352 g/mol. The molecule has 1 aliphatic rings. The largest absolute Gasteiger partial charge is 0.372 e. The maximum atomic E-state index is 13.0. The van der Waals surface area contributed by atoms with E-state index in [-0.39, 0.29) is 29.8 Å². The second-order valence-electron chi connectivity index (χ2n) is 8.52. The fourth-order valence-electron chi connectivity index (χ4n) is 3.67. The fraction of sp³-hybridized carbons (Fsp3) is 0.478.